The maximum absolute atomic E-state index is 5.10. The highest BCUT2D eigenvalue weighted by atomic mass is 32.1. The highest BCUT2D eigenvalue weighted by Crippen LogP contribution is 2.10. The number of thiocarbonyl (C=S) groups is 1. The predicted octanol–water partition coefficient (Wildman–Crippen LogP) is 1.32. The zero-order valence-electron chi connectivity index (χ0n) is 8.91. The topological polar surface area (TPSA) is 46.2 Å². The molecule has 15 heavy (non-hydrogen) atoms. The van der Waals surface area contributed by atoms with Gasteiger partial charge in [0.25, 0.3) is 0 Å². The van der Waals surface area contributed by atoms with E-state index in [1.807, 2.05) is 13.0 Å². The average Bonchev–Trinajstić information content (AvgIpc) is 2.22. The molecule has 1 aromatic rings. The number of aromatic nitrogens is 1. The van der Waals surface area contributed by atoms with Gasteiger partial charge in [0.15, 0.2) is 5.11 Å². The van der Waals surface area contributed by atoms with Crippen LogP contribution in [0.1, 0.15) is 5.56 Å². The molecule has 2 N–H and O–H groups in total. The van der Waals surface area contributed by atoms with E-state index in [1.165, 1.54) is 0 Å². The van der Waals surface area contributed by atoms with Crippen LogP contribution >= 0.6 is 12.2 Å². The summed E-state index contributed by atoms with van der Waals surface area (Å²) in [7, 11) is 1.66. The minimum Gasteiger partial charge on any atom is -0.383 e. The van der Waals surface area contributed by atoms with Crippen LogP contribution in [0.25, 0.3) is 0 Å². The number of pyridine rings is 1. The van der Waals surface area contributed by atoms with E-state index in [-0.39, 0.29) is 0 Å². The molecule has 0 saturated heterocycles. The fraction of sp³-hybridized carbons (Fsp3) is 0.400. The Morgan fingerprint density at radius 3 is 3.07 bits per heavy atom. The van der Waals surface area contributed by atoms with Crippen LogP contribution in [0.4, 0.5) is 5.69 Å². The molecule has 0 radical (unpaired) electrons. The highest BCUT2D eigenvalue weighted by molar-refractivity contribution is 7.80. The van der Waals surface area contributed by atoms with Crippen molar-refractivity contribution in [2.45, 2.75) is 6.92 Å². The van der Waals surface area contributed by atoms with Crippen molar-refractivity contribution in [1.29, 1.82) is 0 Å². The van der Waals surface area contributed by atoms with Crippen molar-refractivity contribution in [2.24, 2.45) is 0 Å². The summed E-state index contributed by atoms with van der Waals surface area (Å²) in [5, 5.41) is 6.68. The Balaban J connectivity index is 2.41. The van der Waals surface area contributed by atoms with E-state index in [9.17, 15) is 0 Å². The van der Waals surface area contributed by atoms with Crippen molar-refractivity contribution in [3.63, 3.8) is 0 Å². The van der Waals surface area contributed by atoms with Gasteiger partial charge in [-0.2, -0.15) is 0 Å². The molecule has 0 fully saturated rings. The Kier molecular flexibility index (Phi) is 5.00. The third-order valence-electron chi connectivity index (χ3n) is 1.88. The fourth-order valence-electron chi connectivity index (χ4n) is 1.03. The van der Waals surface area contributed by atoms with Gasteiger partial charge < -0.3 is 15.4 Å². The Bertz CT molecular complexity index is 330. The first-order valence-corrected chi connectivity index (χ1v) is 5.09. The molecule has 0 aromatic carbocycles. The van der Waals surface area contributed by atoms with Gasteiger partial charge >= 0.3 is 0 Å². The van der Waals surface area contributed by atoms with Crippen molar-refractivity contribution in [1.82, 2.24) is 10.3 Å². The normalized spacial score (nSPS) is 9.73. The first-order chi connectivity index (χ1) is 7.24. The largest absolute Gasteiger partial charge is 0.383 e. The van der Waals surface area contributed by atoms with E-state index >= 15 is 0 Å². The zero-order chi connectivity index (χ0) is 11.1. The second-order valence-corrected chi connectivity index (χ2v) is 3.47. The van der Waals surface area contributed by atoms with Crippen LogP contribution in [0, 0.1) is 6.92 Å². The summed E-state index contributed by atoms with van der Waals surface area (Å²) >= 11 is 5.10. The van der Waals surface area contributed by atoms with Gasteiger partial charge in [-0.1, -0.05) is 0 Å². The summed E-state index contributed by atoms with van der Waals surface area (Å²) < 4.78 is 4.90. The smallest absolute Gasteiger partial charge is 0.170 e. The lowest BCUT2D eigenvalue weighted by atomic mass is 10.2. The van der Waals surface area contributed by atoms with E-state index in [1.54, 1.807) is 19.5 Å². The standard InChI is InChI=1S/C10H15N3OS/c1-8-3-4-11-7-9(8)13-10(15)12-5-6-14-2/h3-4,7H,5-6H2,1-2H3,(H2,12,13,15). The second kappa shape index (κ2) is 6.31. The molecule has 1 heterocycles. The summed E-state index contributed by atoms with van der Waals surface area (Å²) in [6.45, 7) is 3.33. The molecule has 0 aliphatic rings. The van der Waals surface area contributed by atoms with Crippen LogP contribution in [-0.2, 0) is 4.74 Å². The maximum atomic E-state index is 5.10. The number of rotatable bonds is 4. The zero-order valence-corrected chi connectivity index (χ0v) is 9.73. The van der Waals surface area contributed by atoms with Gasteiger partial charge in [-0.05, 0) is 30.8 Å². The summed E-state index contributed by atoms with van der Waals surface area (Å²) in [6, 6.07) is 1.93. The summed E-state index contributed by atoms with van der Waals surface area (Å²) in [5.74, 6) is 0. The van der Waals surface area contributed by atoms with Crippen molar-refractivity contribution in [2.75, 3.05) is 25.6 Å². The van der Waals surface area contributed by atoms with Crippen molar-refractivity contribution in [3.05, 3.63) is 24.0 Å². The molecule has 4 nitrogen and oxygen atoms in total. The lowest BCUT2D eigenvalue weighted by Crippen LogP contribution is -2.31. The molecule has 0 bridgehead atoms. The van der Waals surface area contributed by atoms with Gasteiger partial charge in [-0.25, -0.2) is 0 Å². The van der Waals surface area contributed by atoms with E-state index < -0.39 is 0 Å². The molecule has 5 heteroatoms. The Hall–Kier alpha value is -1.20. The third-order valence-corrected chi connectivity index (χ3v) is 2.13. The van der Waals surface area contributed by atoms with Gasteiger partial charge in [0.05, 0.1) is 18.5 Å². The minimum absolute atomic E-state index is 0.586. The highest BCUT2D eigenvalue weighted by Gasteiger charge is 1.99. The first kappa shape index (κ1) is 11.9. The molecule has 1 aromatic heterocycles. The van der Waals surface area contributed by atoms with Crippen LogP contribution in [0.2, 0.25) is 0 Å². The molecular weight excluding hydrogens is 210 g/mol. The number of ether oxygens (including phenoxy) is 1. The lowest BCUT2D eigenvalue weighted by Gasteiger charge is -2.11. The van der Waals surface area contributed by atoms with Gasteiger partial charge in [0.1, 0.15) is 0 Å². The van der Waals surface area contributed by atoms with E-state index in [2.05, 4.69) is 15.6 Å². The molecule has 0 unspecified atom stereocenters. The average molecular weight is 225 g/mol. The fourth-order valence-corrected chi connectivity index (χ4v) is 1.24. The van der Waals surface area contributed by atoms with Crippen LogP contribution in [0.15, 0.2) is 18.5 Å². The number of methoxy groups -OCH3 is 1. The molecule has 0 aliphatic carbocycles. The molecular formula is C10H15N3OS. The lowest BCUT2D eigenvalue weighted by molar-refractivity contribution is 0.204. The number of aryl methyl sites for hydroxylation is 1. The monoisotopic (exact) mass is 225 g/mol. The van der Waals surface area contributed by atoms with E-state index in [0.717, 1.165) is 11.3 Å². The molecule has 82 valence electrons. The Morgan fingerprint density at radius 1 is 1.60 bits per heavy atom. The Labute approximate surface area is 95.0 Å². The maximum Gasteiger partial charge on any atom is 0.170 e. The summed E-state index contributed by atoms with van der Waals surface area (Å²) in [6.07, 6.45) is 3.50. The van der Waals surface area contributed by atoms with E-state index in [0.29, 0.717) is 18.3 Å². The quantitative estimate of drug-likeness (QED) is 0.598. The van der Waals surface area contributed by atoms with Crippen LogP contribution in [0.5, 0.6) is 0 Å². The molecule has 0 saturated carbocycles. The van der Waals surface area contributed by atoms with E-state index in [4.69, 9.17) is 17.0 Å². The van der Waals surface area contributed by atoms with Gasteiger partial charge in [-0.3, -0.25) is 4.98 Å². The van der Waals surface area contributed by atoms with Gasteiger partial charge in [0.2, 0.25) is 0 Å². The number of nitrogens with one attached hydrogen (secondary N) is 2. The number of nitrogens with zero attached hydrogens (tertiary/aromatic N) is 1. The van der Waals surface area contributed by atoms with Crippen LogP contribution in [-0.4, -0.2) is 30.4 Å². The summed E-state index contributed by atoms with van der Waals surface area (Å²) in [4.78, 5) is 4.02. The Morgan fingerprint density at radius 2 is 2.40 bits per heavy atom. The molecule has 1 rings (SSSR count). The number of anilines is 1. The summed E-state index contributed by atoms with van der Waals surface area (Å²) in [5.41, 5.74) is 2.04. The first-order valence-electron chi connectivity index (χ1n) is 4.68. The second-order valence-electron chi connectivity index (χ2n) is 3.06. The SMILES string of the molecule is COCCNC(=S)Nc1cnccc1C. The van der Waals surface area contributed by atoms with Crippen LogP contribution in [0.3, 0.4) is 0 Å². The third kappa shape index (κ3) is 4.22. The molecule has 0 aliphatic heterocycles. The van der Waals surface area contributed by atoms with Crippen LogP contribution < -0.4 is 10.6 Å². The van der Waals surface area contributed by atoms with Crippen molar-refractivity contribution >= 4 is 23.0 Å². The number of hydrogen-bond donors (Lipinski definition) is 2. The van der Waals surface area contributed by atoms with Crippen molar-refractivity contribution < 1.29 is 4.74 Å². The molecule has 0 amide bonds. The van der Waals surface area contributed by atoms with Gasteiger partial charge in [0, 0.05) is 19.9 Å². The minimum atomic E-state index is 0.586. The van der Waals surface area contributed by atoms with Gasteiger partial charge in [-0.15, -0.1) is 0 Å². The molecule has 0 spiro atoms. The number of hydrogen-bond acceptors (Lipinski definition) is 3. The molecule has 0 atom stereocenters. The van der Waals surface area contributed by atoms with Crippen molar-refractivity contribution in [3.8, 4) is 0 Å². The predicted molar refractivity (Wildman–Crippen MR) is 65.1 cm³/mol.